The molecule has 10 heteroatoms. The first-order chi connectivity index (χ1) is 17.8. The number of aliphatic hydroxyl groups is 1. The van der Waals surface area contributed by atoms with E-state index in [2.05, 4.69) is 27.2 Å². The molecule has 2 aromatic carbocycles. The van der Waals surface area contributed by atoms with Gasteiger partial charge in [-0.3, -0.25) is 14.2 Å². The predicted octanol–water partition coefficient (Wildman–Crippen LogP) is 2.23. The van der Waals surface area contributed by atoms with Crippen LogP contribution in [0.5, 0.6) is 0 Å². The lowest BCUT2D eigenvalue weighted by Gasteiger charge is -2.20. The fourth-order valence-electron chi connectivity index (χ4n) is 4.11. The van der Waals surface area contributed by atoms with Crippen molar-refractivity contribution in [1.29, 1.82) is 0 Å². The lowest BCUT2D eigenvalue weighted by atomic mass is 10.1. The van der Waals surface area contributed by atoms with Gasteiger partial charge in [-0.2, -0.15) is 0 Å². The van der Waals surface area contributed by atoms with Crippen molar-refractivity contribution in [2.75, 3.05) is 5.73 Å². The highest BCUT2D eigenvalue weighted by Gasteiger charge is 2.24. The van der Waals surface area contributed by atoms with E-state index in [0.717, 1.165) is 0 Å². The molecule has 3 heterocycles. The maximum absolute atomic E-state index is 13.9. The van der Waals surface area contributed by atoms with Crippen LogP contribution in [0, 0.1) is 11.8 Å². The number of fused-ring (bicyclic) bond motifs is 2. The van der Waals surface area contributed by atoms with Crippen LogP contribution in [0.25, 0.3) is 22.2 Å². The fourth-order valence-corrected chi connectivity index (χ4v) is 4.11. The second-order valence-electron chi connectivity index (χ2n) is 8.43. The van der Waals surface area contributed by atoms with Gasteiger partial charge in [0.25, 0.3) is 11.5 Å². The van der Waals surface area contributed by atoms with E-state index < -0.39 is 18.1 Å². The normalized spacial score (nSPS) is 12.6. The molecule has 184 valence electrons. The molecular formula is C27H23N7O3. The molecular weight excluding hydrogens is 470 g/mol. The number of nitrogens with two attached hydrogens (primary N) is 1. The van der Waals surface area contributed by atoms with Crippen molar-refractivity contribution in [2.45, 2.75) is 26.0 Å². The van der Waals surface area contributed by atoms with E-state index in [1.807, 2.05) is 18.2 Å². The summed E-state index contributed by atoms with van der Waals surface area (Å²) in [5.74, 6) is 5.42. The second-order valence-corrected chi connectivity index (χ2v) is 8.43. The third-order valence-corrected chi connectivity index (χ3v) is 5.74. The van der Waals surface area contributed by atoms with Crippen molar-refractivity contribution >= 4 is 28.3 Å². The first-order valence-corrected chi connectivity index (χ1v) is 11.6. The molecule has 0 unspecified atom stereocenters. The average molecular weight is 494 g/mol. The molecule has 0 aliphatic rings. The van der Waals surface area contributed by atoms with Crippen molar-refractivity contribution in [1.82, 2.24) is 29.5 Å². The first kappa shape index (κ1) is 23.7. The van der Waals surface area contributed by atoms with Crippen molar-refractivity contribution in [3.8, 4) is 17.5 Å². The Kier molecular flexibility index (Phi) is 6.13. The maximum Gasteiger partial charge on any atom is 0.267 e. The summed E-state index contributed by atoms with van der Waals surface area (Å²) in [4.78, 5) is 36.2. The standard InChI is InChI=1S/C27H23N7O3/c1-16(35)12-13-18-8-6-11-20-21(18)27(37)34(19-9-4-3-5-10-19)24(31-20)17(2)30-26(36)22-23(28)32-33-15-7-14-29-25(22)33/h3-11,14-17,35H,1-2H3,(H2,28,32)(H,30,36)/t16-,17-/m1/s1. The van der Waals surface area contributed by atoms with Gasteiger partial charge in [0.2, 0.25) is 0 Å². The number of hydrogen-bond donors (Lipinski definition) is 3. The van der Waals surface area contributed by atoms with Crippen LogP contribution in [0.3, 0.4) is 0 Å². The molecule has 5 rings (SSSR count). The zero-order valence-electron chi connectivity index (χ0n) is 20.1. The number of hydrogen-bond acceptors (Lipinski definition) is 7. The molecule has 0 saturated heterocycles. The Morgan fingerprint density at radius 2 is 1.89 bits per heavy atom. The minimum atomic E-state index is -0.851. The fraction of sp³-hybridized carbons (Fsp3) is 0.148. The molecule has 3 aromatic heterocycles. The summed E-state index contributed by atoms with van der Waals surface area (Å²) in [6.45, 7) is 3.28. The van der Waals surface area contributed by atoms with Crippen LogP contribution >= 0.6 is 0 Å². The number of para-hydroxylation sites is 1. The van der Waals surface area contributed by atoms with Crippen molar-refractivity contribution in [3.63, 3.8) is 0 Å². The van der Waals surface area contributed by atoms with Crippen LogP contribution in [0.1, 0.15) is 41.6 Å². The summed E-state index contributed by atoms with van der Waals surface area (Å²) in [5, 5.41) is 17.0. The molecule has 0 aliphatic carbocycles. The number of aromatic nitrogens is 5. The van der Waals surface area contributed by atoms with Gasteiger partial charge < -0.3 is 16.2 Å². The summed E-state index contributed by atoms with van der Waals surface area (Å²) in [5.41, 5.74) is 7.58. The number of benzene rings is 2. The van der Waals surface area contributed by atoms with Gasteiger partial charge in [-0.1, -0.05) is 36.1 Å². The summed E-state index contributed by atoms with van der Waals surface area (Å²) in [7, 11) is 0. The molecule has 0 aliphatic heterocycles. The van der Waals surface area contributed by atoms with Crippen LogP contribution in [0.2, 0.25) is 0 Å². The molecule has 0 fully saturated rings. The Balaban J connectivity index is 1.66. The largest absolute Gasteiger partial charge is 0.381 e. The third-order valence-electron chi connectivity index (χ3n) is 5.74. The Morgan fingerprint density at radius 3 is 2.65 bits per heavy atom. The number of nitrogens with one attached hydrogen (secondary N) is 1. The molecule has 0 spiro atoms. The number of nitrogen functional groups attached to an aromatic ring is 1. The molecule has 10 nitrogen and oxygen atoms in total. The van der Waals surface area contributed by atoms with Crippen LogP contribution in [-0.2, 0) is 0 Å². The van der Waals surface area contributed by atoms with Crippen molar-refractivity contribution < 1.29 is 9.90 Å². The zero-order chi connectivity index (χ0) is 26.1. The average Bonchev–Trinajstić information content (AvgIpc) is 3.23. The summed E-state index contributed by atoms with van der Waals surface area (Å²) >= 11 is 0. The van der Waals surface area contributed by atoms with E-state index in [0.29, 0.717) is 33.6 Å². The lowest BCUT2D eigenvalue weighted by molar-refractivity contribution is 0.0940. The molecule has 0 saturated carbocycles. The van der Waals surface area contributed by atoms with E-state index in [-0.39, 0.29) is 16.9 Å². The monoisotopic (exact) mass is 493 g/mol. The highest BCUT2D eigenvalue weighted by Crippen LogP contribution is 2.22. The highest BCUT2D eigenvalue weighted by molar-refractivity contribution is 6.04. The Bertz CT molecular complexity index is 1760. The molecule has 2 atom stereocenters. The van der Waals surface area contributed by atoms with Crippen LogP contribution < -0.4 is 16.6 Å². The Morgan fingerprint density at radius 1 is 1.11 bits per heavy atom. The maximum atomic E-state index is 13.9. The van der Waals surface area contributed by atoms with E-state index in [1.54, 1.807) is 62.6 Å². The predicted molar refractivity (Wildman–Crippen MR) is 139 cm³/mol. The van der Waals surface area contributed by atoms with Crippen LogP contribution in [0.4, 0.5) is 5.82 Å². The number of aliphatic hydroxyl groups excluding tert-OH is 1. The topological polar surface area (TPSA) is 140 Å². The van der Waals surface area contributed by atoms with Crippen LogP contribution in [-0.4, -0.2) is 41.3 Å². The van der Waals surface area contributed by atoms with E-state index in [9.17, 15) is 14.7 Å². The van der Waals surface area contributed by atoms with Gasteiger partial charge in [0.1, 0.15) is 17.5 Å². The zero-order valence-corrected chi connectivity index (χ0v) is 20.1. The smallest absolute Gasteiger partial charge is 0.267 e. The summed E-state index contributed by atoms with van der Waals surface area (Å²) < 4.78 is 2.89. The quantitative estimate of drug-likeness (QED) is 0.326. The molecule has 5 aromatic rings. The van der Waals surface area contributed by atoms with Gasteiger partial charge in [0.05, 0.1) is 22.6 Å². The van der Waals surface area contributed by atoms with E-state index in [1.165, 1.54) is 9.08 Å². The minimum Gasteiger partial charge on any atom is -0.381 e. The molecule has 4 N–H and O–H groups in total. The van der Waals surface area contributed by atoms with Crippen molar-refractivity contribution in [3.05, 3.63) is 94.3 Å². The summed E-state index contributed by atoms with van der Waals surface area (Å²) in [6, 6.07) is 15.2. The number of amides is 1. The summed E-state index contributed by atoms with van der Waals surface area (Å²) in [6.07, 6.45) is 2.34. The van der Waals surface area contributed by atoms with Crippen LogP contribution in [0.15, 0.2) is 71.8 Å². The molecule has 1 amide bonds. The minimum absolute atomic E-state index is 0.0386. The number of nitrogens with zero attached hydrogens (tertiary/aromatic N) is 5. The SMILES string of the molecule is C[C@@H](O)C#Cc1cccc2nc([C@@H](C)NC(=O)c3c(N)nn4cccnc34)n(-c3ccccc3)c(=O)c12. The molecule has 0 bridgehead atoms. The van der Waals surface area contributed by atoms with Gasteiger partial charge in [0, 0.05) is 18.0 Å². The second kappa shape index (κ2) is 9.56. The van der Waals surface area contributed by atoms with E-state index in [4.69, 9.17) is 10.7 Å². The molecule has 37 heavy (non-hydrogen) atoms. The number of anilines is 1. The van der Waals surface area contributed by atoms with Gasteiger partial charge in [-0.05, 0) is 44.2 Å². The number of carbonyl (C=O) groups excluding carboxylic acids is 1. The van der Waals surface area contributed by atoms with Gasteiger partial charge in [-0.25, -0.2) is 14.5 Å². The lowest BCUT2D eigenvalue weighted by Crippen LogP contribution is -2.33. The highest BCUT2D eigenvalue weighted by atomic mass is 16.3. The van der Waals surface area contributed by atoms with Gasteiger partial charge >= 0.3 is 0 Å². The van der Waals surface area contributed by atoms with Gasteiger partial charge in [0.15, 0.2) is 11.5 Å². The third kappa shape index (κ3) is 4.39. The Labute approximate surface area is 211 Å². The van der Waals surface area contributed by atoms with Gasteiger partial charge in [-0.15, -0.1) is 5.10 Å². The van der Waals surface area contributed by atoms with E-state index >= 15 is 0 Å². The first-order valence-electron chi connectivity index (χ1n) is 11.6. The number of rotatable bonds is 4. The Hall–Kier alpha value is -5.01. The van der Waals surface area contributed by atoms with Crippen molar-refractivity contribution in [2.24, 2.45) is 0 Å². The molecule has 0 radical (unpaired) electrons. The number of carbonyl (C=O) groups is 1.